The van der Waals surface area contributed by atoms with Crippen molar-refractivity contribution in [3.63, 3.8) is 0 Å². The van der Waals surface area contributed by atoms with Gasteiger partial charge in [0.15, 0.2) is 0 Å². The van der Waals surface area contributed by atoms with Gasteiger partial charge in [-0.15, -0.1) is 5.10 Å². The number of amides is 2. The standard InChI is InChI=1S/C15H19N5O4S/c1-9-16-15(19-18-9)25-8-13(22)17-11-4-12(21)6-20(5-11)14(23)10-2-3-24-7-10/h2-3,7,11-12,21H,4-6,8H2,1H3,(H,17,22)(H,16,18,19)/t11-,12+/m0/s1. The molecule has 2 atom stereocenters. The molecule has 3 heterocycles. The number of hydrogen-bond acceptors (Lipinski definition) is 7. The number of carbonyl (C=O) groups excluding carboxylic acids is 2. The summed E-state index contributed by atoms with van der Waals surface area (Å²) in [5, 5.41) is 20.1. The van der Waals surface area contributed by atoms with Crippen LogP contribution in [0.15, 0.2) is 28.2 Å². The van der Waals surface area contributed by atoms with Gasteiger partial charge in [0, 0.05) is 19.1 Å². The Balaban J connectivity index is 1.52. The Kier molecular flexibility index (Phi) is 5.39. The van der Waals surface area contributed by atoms with Crippen LogP contribution in [-0.2, 0) is 4.79 Å². The number of aliphatic hydroxyl groups excluding tert-OH is 1. The Morgan fingerprint density at radius 2 is 2.36 bits per heavy atom. The highest BCUT2D eigenvalue weighted by atomic mass is 32.2. The minimum atomic E-state index is -0.682. The van der Waals surface area contributed by atoms with Gasteiger partial charge >= 0.3 is 0 Å². The molecule has 0 unspecified atom stereocenters. The maximum absolute atomic E-state index is 12.4. The highest BCUT2D eigenvalue weighted by molar-refractivity contribution is 7.99. The zero-order chi connectivity index (χ0) is 17.8. The summed E-state index contributed by atoms with van der Waals surface area (Å²) in [4.78, 5) is 30.1. The molecular formula is C15H19N5O4S. The lowest BCUT2D eigenvalue weighted by atomic mass is 10.0. The predicted octanol–water partition coefficient (Wildman–Crippen LogP) is 0.190. The van der Waals surface area contributed by atoms with Crippen molar-refractivity contribution in [3.8, 4) is 0 Å². The van der Waals surface area contributed by atoms with Crippen LogP contribution < -0.4 is 5.32 Å². The minimum absolute atomic E-state index is 0.166. The van der Waals surface area contributed by atoms with E-state index in [9.17, 15) is 14.7 Å². The molecule has 9 nitrogen and oxygen atoms in total. The number of hydrogen-bond donors (Lipinski definition) is 3. The number of nitrogens with zero attached hydrogens (tertiary/aromatic N) is 3. The first-order valence-electron chi connectivity index (χ1n) is 7.82. The smallest absolute Gasteiger partial charge is 0.257 e. The van der Waals surface area contributed by atoms with E-state index in [2.05, 4.69) is 20.5 Å². The first-order valence-corrected chi connectivity index (χ1v) is 8.80. The number of nitrogens with one attached hydrogen (secondary N) is 2. The van der Waals surface area contributed by atoms with Crippen molar-refractivity contribution in [3.05, 3.63) is 30.0 Å². The first-order chi connectivity index (χ1) is 12.0. The Labute approximate surface area is 148 Å². The molecule has 0 bridgehead atoms. The van der Waals surface area contributed by atoms with E-state index in [0.717, 1.165) is 0 Å². The quantitative estimate of drug-likeness (QED) is 0.646. The summed E-state index contributed by atoms with van der Waals surface area (Å²) in [6.07, 6.45) is 2.52. The number of thioether (sulfide) groups is 1. The third kappa shape index (κ3) is 4.60. The van der Waals surface area contributed by atoms with Crippen molar-refractivity contribution in [2.24, 2.45) is 0 Å². The second-order valence-corrected chi connectivity index (χ2v) is 6.81. The van der Waals surface area contributed by atoms with Gasteiger partial charge in [0.25, 0.3) is 5.91 Å². The number of β-amino-alcohol motifs (C(OH)–C–C–N with tert-alkyl or cyclic N) is 1. The summed E-state index contributed by atoms with van der Waals surface area (Å²) in [7, 11) is 0. The third-order valence-electron chi connectivity index (χ3n) is 3.76. The number of piperidine rings is 1. The SMILES string of the molecule is Cc1nc(SCC(=O)N[C@H]2C[C@@H](O)CN(C(=O)c3ccoc3)C2)n[nH]1. The van der Waals surface area contributed by atoms with Gasteiger partial charge in [-0.3, -0.25) is 14.7 Å². The van der Waals surface area contributed by atoms with Crippen LogP contribution in [0.5, 0.6) is 0 Å². The highest BCUT2D eigenvalue weighted by Crippen LogP contribution is 2.16. The number of carbonyl (C=O) groups is 2. The van der Waals surface area contributed by atoms with Crippen LogP contribution in [0, 0.1) is 6.92 Å². The van der Waals surface area contributed by atoms with E-state index in [1.54, 1.807) is 13.0 Å². The van der Waals surface area contributed by atoms with Crippen molar-refractivity contribution in [1.29, 1.82) is 0 Å². The minimum Gasteiger partial charge on any atom is -0.472 e. The number of likely N-dealkylation sites (tertiary alicyclic amines) is 1. The molecule has 2 amide bonds. The molecule has 1 aliphatic heterocycles. The van der Waals surface area contributed by atoms with Gasteiger partial charge in [0.1, 0.15) is 12.1 Å². The predicted molar refractivity (Wildman–Crippen MR) is 89.0 cm³/mol. The van der Waals surface area contributed by atoms with Gasteiger partial charge in [-0.2, -0.15) is 0 Å². The zero-order valence-corrected chi connectivity index (χ0v) is 14.5. The van der Waals surface area contributed by atoms with E-state index in [1.165, 1.54) is 29.2 Å². The third-order valence-corrected chi connectivity index (χ3v) is 4.61. The number of furan rings is 1. The van der Waals surface area contributed by atoms with Crippen molar-refractivity contribution in [2.45, 2.75) is 30.6 Å². The van der Waals surface area contributed by atoms with Crippen molar-refractivity contribution in [2.75, 3.05) is 18.8 Å². The molecule has 1 saturated heterocycles. The number of aliphatic hydroxyl groups is 1. The van der Waals surface area contributed by atoms with E-state index in [0.29, 0.717) is 29.5 Å². The number of aromatic amines is 1. The van der Waals surface area contributed by atoms with Gasteiger partial charge in [0.2, 0.25) is 11.1 Å². The summed E-state index contributed by atoms with van der Waals surface area (Å²) < 4.78 is 4.92. The molecule has 0 spiro atoms. The van der Waals surface area contributed by atoms with Crippen LogP contribution in [0.4, 0.5) is 0 Å². The lowest BCUT2D eigenvalue weighted by Crippen LogP contribution is -2.54. The van der Waals surface area contributed by atoms with Crippen molar-refractivity contribution < 1.29 is 19.1 Å². The van der Waals surface area contributed by atoms with E-state index >= 15 is 0 Å². The van der Waals surface area contributed by atoms with Crippen LogP contribution in [0.1, 0.15) is 22.6 Å². The fourth-order valence-corrected chi connectivity index (χ4v) is 3.35. The molecule has 2 aromatic rings. The number of H-pyrrole nitrogens is 1. The first kappa shape index (κ1) is 17.5. The van der Waals surface area contributed by atoms with Crippen LogP contribution in [0.3, 0.4) is 0 Å². The van der Waals surface area contributed by atoms with Gasteiger partial charge in [-0.1, -0.05) is 11.8 Å². The Morgan fingerprint density at radius 1 is 1.52 bits per heavy atom. The second-order valence-electron chi connectivity index (χ2n) is 5.87. The Morgan fingerprint density at radius 3 is 3.04 bits per heavy atom. The highest BCUT2D eigenvalue weighted by Gasteiger charge is 2.30. The van der Waals surface area contributed by atoms with Gasteiger partial charge in [-0.05, 0) is 19.4 Å². The topological polar surface area (TPSA) is 124 Å². The molecule has 10 heteroatoms. The van der Waals surface area contributed by atoms with Gasteiger partial charge in [-0.25, -0.2) is 4.98 Å². The summed E-state index contributed by atoms with van der Waals surface area (Å²) in [6.45, 7) is 2.37. The Hall–Kier alpha value is -2.33. The van der Waals surface area contributed by atoms with E-state index in [1.807, 2.05) is 0 Å². The molecule has 134 valence electrons. The van der Waals surface area contributed by atoms with Crippen molar-refractivity contribution >= 4 is 23.6 Å². The number of rotatable bonds is 5. The molecular weight excluding hydrogens is 346 g/mol. The zero-order valence-electron chi connectivity index (χ0n) is 13.6. The molecule has 25 heavy (non-hydrogen) atoms. The average Bonchev–Trinajstić information content (AvgIpc) is 3.23. The van der Waals surface area contributed by atoms with E-state index < -0.39 is 6.10 Å². The molecule has 0 aromatic carbocycles. The fourth-order valence-electron chi connectivity index (χ4n) is 2.70. The monoisotopic (exact) mass is 365 g/mol. The number of aromatic nitrogens is 3. The van der Waals surface area contributed by atoms with E-state index in [-0.39, 0.29) is 30.2 Å². The van der Waals surface area contributed by atoms with Crippen molar-refractivity contribution in [1.82, 2.24) is 25.4 Å². The second kappa shape index (κ2) is 7.70. The summed E-state index contributed by atoms with van der Waals surface area (Å²) in [5.74, 6) is 0.436. The molecule has 0 saturated carbocycles. The van der Waals surface area contributed by atoms with Crippen LogP contribution in [-0.4, -0.2) is 68.0 Å². The molecule has 0 aliphatic carbocycles. The number of aryl methyl sites for hydroxylation is 1. The lowest BCUT2D eigenvalue weighted by Gasteiger charge is -2.35. The molecule has 3 N–H and O–H groups in total. The van der Waals surface area contributed by atoms with Crippen LogP contribution in [0.2, 0.25) is 0 Å². The molecule has 1 fully saturated rings. The van der Waals surface area contributed by atoms with Gasteiger partial charge < -0.3 is 19.7 Å². The Bertz CT molecular complexity index is 732. The molecule has 3 rings (SSSR count). The summed E-state index contributed by atoms with van der Waals surface area (Å²) in [6, 6.07) is 1.27. The molecule has 0 radical (unpaired) electrons. The normalized spacial score (nSPS) is 20.5. The maximum Gasteiger partial charge on any atom is 0.257 e. The molecule has 2 aromatic heterocycles. The van der Waals surface area contributed by atoms with E-state index in [4.69, 9.17) is 4.42 Å². The largest absolute Gasteiger partial charge is 0.472 e. The average molecular weight is 365 g/mol. The maximum atomic E-state index is 12.4. The summed E-state index contributed by atoms with van der Waals surface area (Å²) >= 11 is 1.22. The van der Waals surface area contributed by atoms with Gasteiger partial charge in [0.05, 0.1) is 23.7 Å². The fraction of sp³-hybridized carbons (Fsp3) is 0.467. The lowest BCUT2D eigenvalue weighted by molar-refractivity contribution is -0.119. The summed E-state index contributed by atoms with van der Waals surface area (Å²) in [5.41, 5.74) is 0.426. The van der Waals surface area contributed by atoms with Crippen LogP contribution >= 0.6 is 11.8 Å². The molecule has 1 aliphatic rings. The van der Waals surface area contributed by atoms with Crippen LogP contribution in [0.25, 0.3) is 0 Å².